The normalized spacial score (nSPS) is 24.9. The second kappa shape index (κ2) is 6.37. The fourth-order valence-corrected chi connectivity index (χ4v) is 4.01. The van der Waals surface area contributed by atoms with Gasteiger partial charge in [0.25, 0.3) is 0 Å². The van der Waals surface area contributed by atoms with Crippen LogP contribution < -0.4 is 11.3 Å². The van der Waals surface area contributed by atoms with Crippen molar-refractivity contribution in [3.63, 3.8) is 0 Å². The van der Waals surface area contributed by atoms with Gasteiger partial charge in [0.2, 0.25) is 0 Å². The Kier molecular flexibility index (Phi) is 5.03. The number of halogens is 1. The van der Waals surface area contributed by atoms with Crippen molar-refractivity contribution in [2.45, 2.75) is 52.0 Å². The molecule has 2 rings (SSSR count). The molecule has 3 N–H and O–H groups in total. The van der Waals surface area contributed by atoms with Gasteiger partial charge in [-0.05, 0) is 47.0 Å². The standard InChI is InChI=1S/C14H25BrN4/c1-4-11-14(15)13(19(3)18-11)8-12(17-16)10-6-5-9(2)7-10/h9-10,12,17H,4-8,16H2,1-3H3. The van der Waals surface area contributed by atoms with Crippen LogP contribution in [0.3, 0.4) is 0 Å². The van der Waals surface area contributed by atoms with Crippen LogP contribution in [0.15, 0.2) is 4.47 Å². The Labute approximate surface area is 124 Å². The smallest absolute Gasteiger partial charge is 0.0766 e. The van der Waals surface area contributed by atoms with Gasteiger partial charge in [-0.1, -0.05) is 20.3 Å². The highest BCUT2D eigenvalue weighted by Gasteiger charge is 2.29. The number of aromatic nitrogens is 2. The van der Waals surface area contributed by atoms with Gasteiger partial charge in [-0.3, -0.25) is 16.0 Å². The molecule has 0 saturated heterocycles. The van der Waals surface area contributed by atoms with Crippen LogP contribution in [-0.4, -0.2) is 15.8 Å². The van der Waals surface area contributed by atoms with Crippen molar-refractivity contribution in [1.29, 1.82) is 0 Å². The van der Waals surface area contributed by atoms with Gasteiger partial charge in [-0.15, -0.1) is 0 Å². The average molecular weight is 329 g/mol. The lowest BCUT2D eigenvalue weighted by Crippen LogP contribution is -2.42. The zero-order chi connectivity index (χ0) is 14.0. The van der Waals surface area contributed by atoms with E-state index in [0.29, 0.717) is 12.0 Å². The highest BCUT2D eigenvalue weighted by atomic mass is 79.9. The van der Waals surface area contributed by atoms with Gasteiger partial charge >= 0.3 is 0 Å². The van der Waals surface area contributed by atoms with E-state index in [4.69, 9.17) is 5.84 Å². The molecule has 0 aliphatic heterocycles. The van der Waals surface area contributed by atoms with E-state index in [1.807, 2.05) is 11.7 Å². The Bertz CT molecular complexity index is 429. The molecular formula is C14H25BrN4. The van der Waals surface area contributed by atoms with Gasteiger partial charge < -0.3 is 0 Å². The number of rotatable bonds is 5. The predicted octanol–water partition coefficient (Wildman–Crippen LogP) is 2.56. The SMILES string of the molecule is CCc1nn(C)c(CC(NN)C2CCC(C)C2)c1Br. The van der Waals surface area contributed by atoms with E-state index in [-0.39, 0.29) is 0 Å². The molecule has 1 aromatic heterocycles. The van der Waals surface area contributed by atoms with Crippen molar-refractivity contribution in [3.05, 3.63) is 15.9 Å². The van der Waals surface area contributed by atoms with E-state index in [1.54, 1.807) is 0 Å². The van der Waals surface area contributed by atoms with Gasteiger partial charge in [-0.25, -0.2) is 0 Å². The first-order chi connectivity index (χ1) is 9.06. The summed E-state index contributed by atoms with van der Waals surface area (Å²) >= 11 is 3.69. The molecule has 1 heterocycles. The third-order valence-electron chi connectivity index (χ3n) is 4.43. The first-order valence-corrected chi connectivity index (χ1v) is 8.02. The van der Waals surface area contributed by atoms with Gasteiger partial charge in [0.05, 0.1) is 15.9 Å². The number of hydrogen-bond acceptors (Lipinski definition) is 3. The third kappa shape index (κ3) is 3.20. The van der Waals surface area contributed by atoms with Gasteiger partial charge in [0.15, 0.2) is 0 Å². The molecule has 5 heteroatoms. The first kappa shape index (κ1) is 15.0. The Balaban J connectivity index is 2.12. The monoisotopic (exact) mass is 328 g/mol. The molecule has 0 spiro atoms. The summed E-state index contributed by atoms with van der Waals surface area (Å²) in [6.07, 6.45) is 5.79. The lowest BCUT2D eigenvalue weighted by atomic mass is 9.93. The molecule has 19 heavy (non-hydrogen) atoms. The van der Waals surface area contributed by atoms with E-state index in [0.717, 1.165) is 28.9 Å². The van der Waals surface area contributed by atoms with Crippen LogP contribution in [0, 0.1) is 11.8 Å². The molecule has 4 nitrogen and oxygen atoms in total. The van der Waals surface area contributed by atoms with Crippen molar-refractivity contribution >= 4 is 15.9 Å². The van der Waals surface area contributed by atoms with E-state index < -0.39 is 0 Å². The number of aryl methyl sites for hydroxylation is 2. The molecule has 0 bridgehead atoms. The number of nitrogens with two attached hydrogens (primary N) is 1. The zero-order valence-electron chi connectivity index (χ0n) is 12.1. The molecule has 3 atom stereocenters. The second-order valence-electron chi connectivity index (χ2n) is 5.84. The molecule has 3 unspecified atom stereocenters. The lowest BCUT2D eigenvalue weighted by Gasteiger charge is -2.23. The number of nitrogens with one attached hydrogen (secondary N) is 1. The quantitative estimate of drug-likeness (QED) is 0.645. The molecule has 0 radical (unpaired) electrons. The maximum atomic E-state index is 5.79. The second-order valence-corrected chi connectivity index (χ2v) is 6.63. The molecule has 1 fully saturated rings. The maximum absolute atomic E-state index is 5.79. The zero-order valence-corrected chi connectivity index (χ0v) is 13.7. The number of hydrogen-bond donors (Lipinski definition) is 2. The summed E-state index contributed by atoms with van der Waals surface area (Å²) in [5, 5.41) is 4.56. The lowest BCUT2D eigenvalue weighted by molar-refractivity contribution is 0.347. The summed E-state index contributed by atoms with van der Waals surface area (Å²) in [6.45, 7) is 4.47. The molecule has 1 aliphatic carbocycles. The topological polar surface area (TPSA) is 55.9 Å². The minimum Gasteiger partial charge on any atom is -0.271 e. The van der Waals surface area contributed by atoms with Gasteiger partial charge in [0, 0.05) is 19.5 Å². The maximum Gasteiger partial charge on any atom is 0.0766 e. The van der Waals surface area contributed by atoms with Crippen LogP contribution >= 0.6 is 15.9 Å². The van der Waals surface area contributed by atoms with E-state index >= 15 is 0 Å². The Morgan fingerprint density at radius 2 is 2.26 bits per heavy atom. The van der Waals surface area contributed by atoms with Crippen molar-refractivity contribution in [1.82, 2.24) is 15.2 Å². The van der Waals surface area contributed by atoms with Gasteiger partial charge in [-0.2, -0.15) is 5.10 Å². The van der Waals surface area contributed by atoms with Crippen molar-refractivity contribution in [3.8, 4) is 0 Å². The Morgan fingerprint density at radius 3 is 2.74 bits per heavy atom. The summed E-state index contributed by atoms with van der Waals surface area (Å²) in [5.41, 5.74) is 5.41. The molecule has 0 amide bonds. The molecule has 108 valence electrons. The highest BCUT2D eigenvalue weighted by Crippen LogP contribution is 2.34. The van der Waals surface area contributed by atoms with E-state index in [9.17, 15) is 0 Å². The first-order valence-electron chi connectivity index (χ1n) is 7.23. The largest absolute Gasteiger partial charge is 0.271 e. The van der Waals surface area contributed by atoms with Crippen molar-refractivity contribution in [2.75, 3.05) is 0 Å². The summed E-state index contributed by atoms with van der Waals surface area (Å²) in [5.74, 6) is 7.31. The summed E-state index contributed by atoms with van der Waals surface area (Å²) in [4.78, 5) is 0. The molecule has 1 aliphatic rings. The van der Waals surface area contributed by atoms with Crippen molar-refractivity contribution in [2.24, 2.45) is 24.7 Å². The fraction of sp³-hybridized carbons (Fsp3) is 0.786. The minimum absolute atomic E-state index is 0.348. The van der Waals surface area contributed by atoms with E-state index in [2.05, 4.69) is 40.3 Å². The fourth-order valence-electron chi connectivity index (χ4n) is 3.23. The summed E-state index contributed by atoms with van der Waals surface area (Å²) < 4.78 is 3.15. The average Bonchev–Trinajstić information content (AvgIpc) is 2.92. The van der Waals surface area contributed by atoms with Crippen LogP contribution in [0.4, 0.5) is 0 Å². The molecule has 1 aromatic rings. The van der Waals surface area contributed by atoms with Crippen LogP contribution in [0.25, 0.3) is 0 Å². The Morgan fingerprint density at radius 1 is 1.53 bits per heavy atom. The molecule has 0 aromatic carbocycles. The van der Waals surface area contributed by atoms with Crippen LogP contribution in [-0.2, 0) is 19.9 Å². The predicted molar refractivity (Wildman–Crippen MR) is 81.6 cm³/mol. The minimum atomic E-state index is 0.348. The Hall–Kier alpha value is -0.390. The summed E-state index contributed by atoms with van der Waals surface area (Å²) in [6, 6.07) is 0.348. The van der Waals surface area contributed by atoms with Crippen LogP contribution in [0.2, 0.25) is 0 Å². The van der Waals surface area contributed by atoms with Crippen LogP contribution in [0.5, 0.6) is 0 Å². The molecular weight excluding hydrogens is 304 g/mol. The van der Waals surface area contributed by atoms with Crippen molar-refractivity contribution < 1.29 is 0 Å². The van der Waals surface area contributed by atoms with Crippen LogP contribution in [0.1, 0.15) is 44.5 Å². The molecule has 1 saturated carbocycles. The van der Waals surface area contributed by atoms with Gasteiger partial charge in [0.1, 0.15) is 0 Å². The van der Waals surface area contributed by atoms with E-state index in [1.165, 1.54) is 25.0 Å². The highest BCUT2D eigenvalue weighted by molar-refractivity contribution is 9.10. The number of nitrogens with zero attached hydrogens (tertiary/aromatic N) is 2. The number of hydrazine groups is 1. The third-order valence-corrected chi connectivity index (χ3v) is 5.35. The summed E-state index contributed by atoms with van der Waals surface area (Å²) in [7, 11) is 2.02.